The van der Waals surface area contributed by atoms with E-state index in [1.165, 1.54) is 17.4 Å². The Balaban J connectivity index is 1.52. The van der Waals surface area contributed by atoms with Crippen molar-refractivity contribution < 1.29 is 13.9 Å². The summed E-state index contributed by atoms with van der Waals surface area (Å²) in [6, 6.07) is 19.6. The Hall–Kier alpha value is -3.91. The van der Waals surface area contributed by atoms with Gasteiger partial charge in [0.2, 0.25) is 0 Å². The third-order valence-corrected chi connectivity index (χ3v) is 10.2. The zero-order valence-corrected chi connectivity index (χ0v) is 28.2. The summed E-state index contributed by atoms with van der Waals surface area (Å²) < 4.78 is 14.1. The number of fused-ring (bicyclic) bond motifs is 1. The van der Waals surface area contributed by atoms with E-state index in [0.29, 0.717) is 41.2 Å². The topological polar surface area (TPSA) is 120 Å². The number of carbonyl (C=O) groups excluding carboxylic acids is 1. The van der Waals surface area contributed by atoms with E-state index in [1.807, 2.05) is 60.9 Å². The summed E-state index contributed by atoms with van der Waals surface area (Å²) in [6.45, 7) is 3.66. The SMILES string of the molecule is CCOC(=O)C1=C(c2ccccc2)N=c2s/c(=C/c3cc(Br)c(Sc4nc(C)cc(=O)[nH]4)o3)c(=O)n2[C@H]1c1ccc(SC)cc1. The van der Waals surface area contributed by atoms with E-state index < -0.39 is 12.0 Å². The Labute approximate surface area is 277 Å². The number of nitrogens with zero attached hydrogens (tertiary/aromatic N) is 3. The largest absolute Gasteiger partial charge is 0.463 e. The summed E-state index contributed by atoms with van der Waals surface area (Å²) in [7, 11) is 0. The van der Waals surface area contributed by atoms with Crippen molar-refractivity contribution in [3.8, 4) is 0 Å². The Morgan fingerprint density at radius 3 is 2.60 bits per heavy atom. The van der Waals surface area contributed by atoms with Crippen LogP contribution in [-0.4, -0.2) is 33.4 Å². The Morgan fingerprint density at radius 1 is 1.16 bits per heavy atom. The van der Waals surface area contributed by atoms with E-state index in [-0.39, 0.29) is 23.3 Å². The van der Waals surface area contributed by atoms with Crippen molar-refractivity contribution in [3.05, 3.63) is 129 Å². The molecule has 1 N–H and O–H groups in total. The van der Waals surface area contributed by atoms with Gasteiger partial charge >= 0.3 is 5.97 Å². The molecular formula is C32H25BrN4O5S3. The van der Waals surface area contributed by atoms with E-state index in [0.717, 1.165) is 27.8 Å². The number of nitrogens with one attached hydrogen (secondary N) is 1. The minimum absolute atomic E-state index is 0.173. The molecule has 1 aliphatic heterocycles. The lowest BCUT2D eigenvalue weighted by Crippen LogP contribution is -2.40. The van der Waals surface area contributed by atoms with Crippen molar-refractivity contribution in [3.63, 3.8) is 0 Å². The summed E-state index contributed by atoms with van der Waals surface area (Å²) in [5.41, 5.74) is 2.24. The maximum atomic E-state index is 14.1. The van der Waals surface area contributed by atoms with Gasteiger partial charge in [-0.3, -0.25) is 14.2 Å². The molecule has 0 saturated carbocycles. The second-order valence-electron chi connectivity index (χ2n) is 9.78. The van der Waals surface area contributed by atoms with Crippen LogP contribution < -0.4 is 20.5 Å². The first kappa shape index (κ1) is 31.1. The number of aryl methyl sites for hydroxylation is 1. The van der Waals surface area contributed by atoms with Gasteiger partial charge < -0.3 is 14.1 Å². The molecule has 3 aromatic heterocycles. The molecule has 0 bridgehead atoms. The molecule has 1 aliphatic rings. The molecule has 0 radical (unpaired) electrons. The lowest BCUT2D eigenvalue weighted by atomic mass is 9.93. The normalized spacial score (nSPS) is 14.8. The van der Waals surface area contributed by atoms with Gasteiger partial charge in [0.1, 0.15) is 5.76 Å². The highest BCUT2D eigenvalue weighted by atomic mass is 79.9. The smallest absolute Gasteiger partial charge is 0.338 e. The van der Waals surface area contributed by atoms with Crippen molar-refractivity contribution in [2.75, 3.05) is 12.9 Å². The molecular weight excluding hydrogens is 696 g/mol. The van der Waals surface area contributed by atoms with Crippen LogP contribution in [0.1, 0.15) is 35.5 Å². The van der Waals surface area contributed by atoms with Gasteiger partial charge in [0.05, 0.1) is 32.9 Å². The Kier molecular flexibility index (Phi) is 9.13. The van der Waals surface area contributed by atoms with E-state index >= 15 is 0 Å². The van der Waals surface area contributed by atoms with Crippen LogP contribution in [0.2, 0.25) is 0 Å². The van der Waals surface area contributed by atoms with Crippen LogP contribution in [0.4, 0.5) is 0 Å². The van der Waals surface area contributed by atoms with Crippen LogP contribution in [0.15, 0.2) is 111 Å². The average Bonchev–Trinajstić information content (AvgIpc) is 3.53. The van der Waals surface area contributed by atoms with Gasteiger partial charge in [-0.05, 0) is 71.6 Å². The van der Waals surface area contributed by atoms with Gasteiger partial charge in [-0.15, -0.1) is 11.8 Å². The van der Waals surface area contributed by atoms with Crippen LogP contribution >= 0.6 is 50.8 Å². The van der Waals surface area contributed by atoms with E-state index in [1.54, 1.807) is 42.3 Å². The molecule has 5 aromatic rings. The van der Waals surface area contributed by atoms with Crippen LogP contribution in [0, 0.1) is 6.92 Å². The van der Waals surface area contributed by atoms with Crippen LogP contribution in [0.3, 0.4) is 0 Å². The summed E-state index contributed by atoms with van der Waals surface area (Å²) in [5, 5.41) is 0.846. The third kappa shape index (κ3) is 6.43. The van der Waals surface area contributed by atoms with Crippen molar-refractivity contribution in [1.82, 2.24) is 14.5 Å². The molecule has 9 nitrogen and oxygen atoms in total. The molecule has 45 heavy (non-hydrogen) atoms. The number of esters is 1. The first-order chi connectivity index (χ1) is 21.7. The van der Waals surface area contributed by atoms with Crippen LogP contribution in [-0.2, 0) is 9.53 Å². The number of ether oxygens (including phenoxy) is 1. The average molecular weight is 722 g/mol. The predicted molar refractivity (Wildman–Crippen MR) is 179 cm³/mol. The molecule has 1 atom stereocenters. The number of aromatic nitrogens is 3. The van der Waals surface area contributed by atoms with Crippen molar-refractivity contribution in [2.24, 2.45) is 4.99 Å². The van der Waals surface area contributed by atoms with Gasteiger partial charge in [-0.25, -0.2) is 14.8 Å². The van der Waals surface area contributed by atoms with Crippen molar-refractivity contribution >= 4 is 68.5 Å². The molecule has 0 saturated heterocycles. The number of H-pyrrole nitrogens is 1. The number of hydrogen-bond donors (Lipinski definition) is 1. The van der Waals surface area contributed by atoms with Gasteiger partial charge in [0.15, 0.2) is 15.1 Å². The Bertz CT molecular complexity index is 2180. The summed E-state index contributed by atoms with van der Waals surface area (Å²) in [4.78, 5) is 53.1. The van der Waals surface area contributed by atoms with Crippen molar-refractivity contribution in [1.29, 1.82) is 0 Å². The molecule has 0 fully saturated rings. The highest BCUT2D eigenvalue weighted by Crippen LogP contribution is 2.36. The number of thioether (sulfide) groups is 1. The quantitative estimate of drug-likeness (QED) is 0.126. The maximum absolute atomic E-state index is 14.1. The van der Waals surface area contributed by atoms with Crippen LogP contribution in [0.5, 0.6) is 0 Å². The fraction of sp³-hybridized carbons (Fsp3) is 0.156. The second kappa shape index (κ2) is 13.2. The predicted octanol–water partition coefficient (Wildman–Crippen LogP) is 5.56. The zero-order chi connectivity index (χ0) is 31.7. The van der Waals surface area contributed by atoms with Gasteiger partial charge in [-0.1, -0.05) is 53.8 Å². The molecule has 228 valence electrons. The monoisotopic (exact) mass is 720 g/mol. The molecule has 0 amide bonds. The van der Waals surface area contributed by atoms with Crippen LogP contribution in [0.25, 0.3) is 11.8 Å². The molecule has 13 heteroatoms. The number of carbonyl (C=O) groups is 1. The molecule has 2 aromatic carbocycles. The summed E-state index contributed by atoms with van der Waals surface area (Å²) in [6.07, 6.45) is 3.64. The van der Waals surface area contributed by atoms with Crippen molar-refractivity contribution in [2.45, 2.75) is 35.0 Å². The number of thiazole rings is 1. The lowest BCUT2D eigenvalue weighted by Gasteiger charge is -2.26. The standard InChI is InChI=1S/C32H25BrN4O5S3/c1-4-41-29(40)25-26(18-8-6-5-7-9-18)36-32-37(27(25)19-10-12-21(43-3)13-11-19)28(39)23(44-32)16-20-15-22(33)30(42-20)45-31-34-17(2)14-24(38)35-31/h5-16,27H,4H2,1-3H3,(H,34,35,38)/b23-16+/t27-/m0/s1. The number of hydrogen-bond acceptors (Lipinski definition) is 10. The highest BCUT2D eigenvalue weighted by molar-refractivity contribution is 9.10. The fourth-order valence-electron chi connectivity index (χ4n) is 4.87. The highest BCUT2D eigenvalue weighted by Gasteiger charge is 2.35. The van der Waals surface area contributed by atoms with Gasteiger partial charge in [0, 0.05) is 28.3 Å². The number of furan rings is 1. The van der Waals surface area contributed by atoms with E-state index in [2.05, 4.69) is 25.9 Å². The molecule has 0 unspecified atom stereocenters. The first-order valence-corrected chi connectivity index (χ1v) is 17.4. The minimum atomic E-state index is -0.771. The third-order valence-electron chi connectivity index (χ3n) is 6.79. The van der Waals surface area contributed by atoms with Gasteiger partial charge in [-0.2, -0.15) is 0 Å². The fourth-order valence-corrected chi connectivity index (χ4v) is 7.62. The molecule has 6 rings (SSSR count). The summed E-state index contributed by atoms with van der Waals surface area (Å²) in [5.74, 6) is -0.119. The number of benzene rings is 2. The molecule has 4 heterocycles. The number of rotatable bonds is 8. The molecule has 0 spiro atoms. The summed E-state index contributed by atoms with van der Waals surface area (Å²) >= 11 is 7.48. The minimum Gasteiger partial charge on any atom is -0.463 e. The zero-order valence-electron chi connectivity index (χ0n) is 24.2. The van der Waals surface area contributed by atoms with E-state index in [9.17, 15) is 14.4 Å². The van der Waals surface area contributed by atoms with E-state index in [4.69, 9.17) is 14.1 Å². The second-order valence-corrected chi connectivity index (χ2v) is 13.5. The maximum Gasteiger partial charge on any atom is 0.338 e. The lowest BCUT2D eigenvalue weighted by molar-refractivity contribution is -0.138. The van der Waals surface area contributed by atoms with Gasteiger partial charge in [0.25, 0.3) is 11.1 Å². The number of halogens is 1. The molecule has 0 aliphatic carbocycles. The first-order valence-electron chi connectivity index (χ1n) is 13.7. The number of aromatic amines is 1. The Morgan fingerprint density at radius 2 is 1.91 bits per heavy atom.